The molecule has 4 amide bonds. The standard InChI is InChI=1S/C40H44N6O7S/c1-24(2)33-22-54-37(43-33)32-18-35(30-14-13-28(51-3)16-31(30)42-32)52-29-17-34-36(48)44-40(23-47)19-26(40)8-6-4-5-7-15-45(39(50)46(34)21-29)20-25-9-11-27(12-10-25)53-38(41)49/h6,8-14,16,18,22-24,26,29,34H,4-5,7,15,17,19-21H2,1-3H3,(H2,41,49)(H,44,48)/b8-6+. The van der Waals surface area contributed by atoms with Crippen LogP contribution in [-0.4, -0.2) is 82.0 Å². The van der Waals surface area contributed by atoms with Crippen LogP contribution >= 0.6 is 11.3 Å². The van der Waals surface area contributed by atoms with Gasteiger partial charge in [0.05, 0.1) is 24.9 Å². The summed E-state index contributed by atoms with van der Waals surface area (Å²) in [6.45, 7) is 5.04. The number of nitrogens with two attached hydrogens (primary N) is 1. The van der Waals surface area contributed by atoms with Crippen LogP contribution in [0.15, 0.2) is 66.1 Å². The Labute approximate surface area is 317 Å². The number of primary amides is 1. The molecule has 282 valence electrons. The molecule has 1 aliphatic carbocycles. The highest BCUT2D eigenvalue weighted by molar-refractivity contribution is 7.13. The number of aldehydes is 1. The molecule has 3 aliphatic rings. The van der Waals surface area contributed by atoms with Crippen LogP contribution in [0.2, 0.25) is 0 Å². The van der Waals surface area contributed by atoms with E-state index in [2.05, 4.69) is 25.2 Å². The number of aromatic nitrogens is 2. The van der Waals surface area contributed by atoms with Crippen LogP contribution in [-0.2, 0) is 16.1 Å². The molecule has 7 rings (SSSR count). The number of ether oxygens (including phenoxy) is 3. The molecule has 3 N–H and O–H groups in total. The monoisotopic (exact) mass is 752 g/mol. The average molecular weight is 753 g/mol. The van der Waals surface area contributed by atoms with E-state index in [4.69, 9.17) is 29.9 Å². The van der Waals surface area contributed by atoms with Crippen LogP contribution in [0, 0.1) is 5.92 Å². The Morgan fingerprint density at radius 2 is 1.91 bits per heavy atom. The number of carbonyl (C=O) groups is 4. The van der Waals surface area contributed by atoms with Gasteiger partial charge in [0.1, 0.15) is 51.9 Å². The second kappa shape index (κ2) is 15.5. The summed E-state index contributed by atoms with van der Waals surface area (Å²) in [7, 11) is 1.60. The molecule has 4 atom stereocenters. The number of rotatable bonds is 9. The first kappa shape index (κ1) is 36.8. The van der Waals surface area contributed by atoms with Crippen molar-refractivity contribution in [2.75, 3.05) is 20.2 Å². The molecule has 54 heavy (non-hydrogen) atoms. The summed E-state index contributed by atoms with van der Waals surface area (Å²) in [5.41, 5.74) is 7.27. The smallest absolute Gasteiger partial charge is 0.409 e. The summed E-state index contributed by atoms with van der Waals surface area (Å²) in [5.74, 6) is 1.27. The zero-order valence-electron chi connectivity index (χ0n) is 30.5. The lowest BCUT2D eigenvalue weighted by molar-refractivity contribution is -0.128. The van der Waals surface area contributed by atoms with E-state index in [1.165, 1.54) is 11.3 Å². The second-order valence-corrected chi connectivity index (χ2v) is 15.3. The molecule has 2 aromatic heterocycles. The first-order valence-corrected chi connectivity index (χ1v) is 19.1. The summed E-state index contributed by atoms with van der Waals surface area (Å²) in [6, 6.07) is 13.0. The minimum absolute atomic E-state index is 0.0850. The van der Waals surface area contributed by atoms with Crippen molar-refractivity contribution in [2.24, 2.45) is 11.7 Å². The van der Waals surface area contributed by atoms with Gasteiger partial charge in [0.2, 0.25) is 5.91 Å². The van der Waals surface area contributed by atoms with Crippen LogP contribution < -0.4 is 25.3 Å². The van der Waals surface area contributed by atoms with E-state index in [9.17, 15) is 19.2 Å². The quantitative estimate of drug-likeness (QED) is 0.149. The molecule has 2 aromatic carbocycles. The molecule has 4 aromatic rings. The third kappa shape index (κ3) is 7.88. The molecule has 13 nitrogen and oxygen atoms in total. The molecule has 0 radical (unpaired) electrons. The lowest BCUT2D eigenvalue weighted by Gasteiger charge is -2.32. The fraction of sp³-hybridized carbons (Fsp3) is 0.400. The minimum Gasteiger partial charge on any atom is -0.497 e. The summed E-state index contributed by atoms with van der Waals surface area (Å²) < 4.78 is 17.2. The number of benzene rings is 2. The molecule has 4 unspecified atom stereocenters. The molecule has 14 heteroatoms. The zero-order valence-corrected chi connectivity index (χ0v) is 31.3. The fourth-order valence-corrected chi connectivity index (χ4v) is 8.06. The lowest BCUT2D eigenvalue weighted by Crippen LogP contribution is -2.53. The number of nitrogens with one attached hydrogen (secondary N) is 1. The normalized spacial score (nSPS) is 23.6. The number of urea groups is 1. The minimum atomic E-state index is -0.989. The molecular formula is C40H44N6O7S. The van der Waals surface area contributed by atoms with Crippen molar-refractivity contribution in [2.45, 2.75) is 76.1 Å². The van der Waals surface area contributed by atoms with Crippen LogP contribution in [0.3, 0.4) is 0 Å². The number of allylic oxidation sites excluding steroid dienone is 1. The first-order chi connectivity index (χ1) is 26.1. The SMILES string of the molecule is COc1ccc2c(OC3CC4C(=O)NC5(C=O)CC5/C=C/CCCCN(Cc5ccc(OC(N)=O)cc5)C(=O)N4C3)cc(-c3nc(C(C)C)cs3)nc2c1. The number of amides is 4. The van der Waals surface area contributed by atoms with Gasteiger partial charge in [-0.1, -0.05) is 38.1 Å². The van der Waals surface area contributed by atoms with Crippen molar-refractivity contribution in [3.63, 3.8) is 0 Å². The van der Waals surface area contributed by atoms with Gasteiger partial charge in [-0.05, 0) is 61.4 Å². The summed E-state index contributed by atoms with van der Waals surface area (Å²) in [5, 5.41) is 6.55. The topological polar surface area (TPSA) is 166 Å². The summed E-state index contributed by atoms with van der Waals surface area (Å²) in [6.07, 6.45) is 6.52. The van der Waals surface area contributed by atoms with Gasteiger partial charge in [-0.15, -0.1) is 11.3 Å². The number of thiazole rings is 1. The Hall–Kier alpha value is -5.50. The summed E-state index contributed by atoms with van der Waals surface area (Å²) >= 11 is 1.51. The molecule has 4 heterocycles. The Balaban J connectivity index is 1.21. The van der Waals surface area contributed by atoms with Crippen molar-refractivity contribution in [1.82, 2.24) is 25.1 Å². The van der Waals surface area contributed by atoms with Gasteiger partial charge in [0.15, 0.2) is 0 Å². The van der Waals surface area contributed by atoms with Gasteiger partial charge in [-0.25, -0.2) is 19.6 Å². The van der Waals surface area contributed by atoms with Gasteiger partial charge in [-0.2, -0.15) is 0 Å². The Morgan fingerprint density at radius 3 is 2.63 bits per heavy atom. The van der Waals surface area contributed by atoms with Gasteiger partial charge < -0.3 is 39.9 Å². The molecular weight excluding hydrogens is 709 g/mol. The number of pyridine rings is 1. The second-order valence-electron chi connectivity index (χ2n) is 14.4. The highest BCUT2D eigenvalue weighted by atomic mass is 32.1. The maximum Gasteiger partial charge on any atom is 0.409 e. The Bertz CT molecular complexity index is 2080. The molecule has 0 spiro atoms. The van der Waals surface area contributed by atoms with E-state index in [1.54, 1.807) is 41.2 Å². The third-order valence-electron chi connectivity index (χ3n) is 10.2. The number of fused-ring (bicyclic) bond motifs is 3. The van der Waals surface area contributed by atoms with Crippen LogP contribution in [0.1, 0.15) is 63.1 Å². The maximum absolute atomic E-state index is 14.6. The van der Waals surface area contributed by atoms with Crippen LogP contribution in [0.25, 0.3) is 21.6 Å². The van der Waals surface area contributed by atoms with Gasteiger partial charge in [0.25, 0.3) is 0 Å². The fourth-order valence-electron chi connectivity index (χ4n) is 7.12. The number of carbonyl (C=O) groups excluding carboxylic acids is 4. The highest BCUT2D eigenvalue weighted by Crippen LogP contribution is 2.44. The first-order valence-electron chi connectivity index (χ1n) is 18.2. The largest absolute Gasteiger partial charge is 0.497 e. The van der Waals surface area contributed by atoms with E-state index in [0.717, 1.165) is 47.2 Å². The lowest BCUT2D eigenvalue weighted by atomic mass is 10.1. The van der Waals surface area contributed by atoms with Crippen LogP contribution in [0.5, 0.6) is 17.2 Å². The Kier molecular flexibility index (Phi) is 10.5. The number of hydrogen-bond acceptors (Lipinski definition) is 10. The van der Waals surface area contributed by atoms with Crippen molar-refractivity contribution in [1.29, 1.82) is 0 Å². The van der Waals surface area contributed by atoms with E-state index >= 15 is 0 Å². The van der Waals surface area contributed by atoms with Crippen molar-refractivity contribution in [3.8, 4) is 28.0 Å². The average Bonchev–Trinajstić information content (AvgIpc) is 3.44. The maximum atomic E-state index is 14.6. The number of methoxy groups -OCH3 is 1. The van der Waals surface area contributed by atoms with Gasteiger partial charge in [-0.3, -0.25) is 4.79 Å². The van der Waals surface area contributed by atoms with E-state index < -0.39 is 29.7 Å². The number of hydrogen-bond donors (Lipinski definition) is 2. The van der Waals surface area contributed by atoms with E-state index in [0.29, 0.717) is 41.4 Å². The van der Waals surface area contributed by atoms with E-state index in [-0.39, 0.29) is 37.4 Å². The molecule has 1 saturated carbocycles. The van der Waals surface area contributed by atoms with Gasteiger partial charge in [0, 0.05) is 48.3 Å². The predicted molar refractivity (Wildman–Crippen MR) is 204 cm³/mol. The molecule has 2 fully saturated rings. The van der Waals surface area contributed by atoms with E-state index in [1.807, 2.05) is 35.7 Å². The van der Waals surface area contributed by atoms with Gasteiger partial charge >= 0.3 is 12.1 Å². The highest BCUT2D eigenvalue weighted by Gasteiger charge is 2.56. The number of nitrogens with zero attached hydrogens (tertiary/aromatic N) is 4. The molecule has 2 aliphatic heterocycles. The molecule has 1 saturated heterocycles. The summed E-state index contributed by atoms with van der Waals surface area (Å²) in [4.78, 5) is 65.4. The van der Waals surface area contributed by atoms with Crippen molar-refractivity contribution >= 4 is 46.6 Å². The third-order valence-corrected chi connectivity index (χ3v) is 11.1. The predicted octanol–water partition coefficient (Wildman–Crippen LogP) is 6.21. The Morgan fingerprint density at radius 1 is 1.11 bits per heavy atom. The van der Waals surface area contributed by atoms with Crippen molar-refractivity contribution in [3.05, 3.63) is 77.3 Å². The zero-order chi connectivity index (χ0) is 38.0. The molecule has 0 bridgehead atoms. The van der Waals surface area contributed by atoms with Crippen molar-refractivity contribution < 1.29 is 33.4 Å². The van der Waals surface area contributed by atoms with Crippen LogP contribution in [0.4, 0.5) is 9.59 Å².